The molecule has 0 bridgehead atoms. The first-order valence-corrected chi connectivity index (χ1v) is 12.2. The van der Waals surface area contributed by atoms with Crippen LogP contribution in [-0.4, -0.2) is 57.3 Å². The number of fused-ring (bicyclic) bond motifs is 2. The van der Waals surface area contributed by atoms with E-state index in [1.54, 1.807) is 12.4 Å². The van der Waals surface area contributed by atoms with Gasteiger partial charge in [-0.1, -0.05) is 12.1 Å². The van der Waals surface area contributed by atoms with Crippen LogP contribution in [0.5, 0.6) is 5.75 Å². The fourth-order valence-corrected chi connectivity index (χ4v) is 4.53. The van der Waals surface area contributed by atoms with E-state index >= 15 is 0 Å². The highest BCUT2D eigenvalue weighted by atomic mass is 19.1. The van der Waals surface area contributed by atoms with Gasteiger partial charge in [0.25, 0.3) is 0 Å². The summed E-state index contributed by atoms with van der Waals surface area (Å²) in [7, 11) is 3.94. The number of pyridine rings is 2. The monoisotopic (exact) mass is 507 g/mol. The number of nitrogen functional groups attached to an aromatic ring is 1. The van der Waals surface area contributed by atoms with E-state index in [1.807, 2.05) is 67.5 Å². The summed E-state index contributed by atoms with van der Waals surface area (Å²) >= 11 is 0. The first-order chi connectivity index (χ1) is 18.4. The molecule has 0 atom stereocenters. The first-order valence-electron chi connectivity index (χ1n) is 12.2. The SMILES string of the molecule is CN(C)CCOc1cc(F)cc(-c2cccc3[nH]c(-c4n[nH]c5ccc(-c6cncc(N)c6)nc45)cc23)c1. The Morgan fingerprint density at radius 1 is 0.974 bits per heavy atom. The van der Waals surface area contributed by atoms with Crippen molar-refractivity contribution >= 4 is 27.6 Å². The van der Waals surface area contributed by atoms with E-state index in [0.29, 0.717) is 23.7 Å². The molecule has 2 aromatic carbocycles. The van der Waals surface area contributed by atoms with E-state index in [-0.39, 0.29) is 5.82 Å². The van der Waals surface area contributed by atoms with Crippen molar-refractivity contribution in [2.24, 2.45) is 0 Å². The molecule has 0 aliphatic rings. The molecule has 0 aliphatic carbocycles. The van der Waals surface area contributed by atoms with Crippen LogP contribution in [0.2, 0.25) is 0 Å². The predicted octanol–water partition coefficient (Wildman–Crippen LogP) is 5.50. The van der Waals surface area contributed by atoms with Gasteiger partial charge in [-0.2, -0.15) is 5.10 Å². The summed E-state index contributed by atoms with van der Waals surface area (Å²) in [4.78, 5) is 14.5. The summed E-state index contributed by atoms with van der Waals surface area (Å²) in [5.41, 5.74) is 13.6. The lowest BCUT2D eigenvalue weighted by molar-refractivity contribution is 0.260. The zero-order chi connectivity index (χ0) is 26.2. The van der Waals surface area contributed by atoms with Crippen molar-refractivity contribution in [1.29, 1.82) is 0 Å². The van der Waals surface area contributed by atoms with Crippen molar-refractivity contribution in [3.05, 3.63) is 78.9 Å². The molecule has 0 saturated heterocycles. The van der Waals surface area contributed by atoms with Gasteiger partial charge < -0.3 is 20.4 Å². The molecule has 0 saturated carbocycles. The molecule has 4 N–H and O–H groups in total. The molecule has 0 spiro atoms. The van der Waals surface area contributed by atoms with Crippen molar-refractivity contribution in [3.8, 4) is 39.5 Å². The van der Waals surface area contributed by atoms with Crippen molar-refractivity contribution in [3.63, 3.8) is 0 Å². The summed E-state index contributed by atoms with van der Waals surface area (Å²) in [5.74, 6) is 0.154. The van der Waals surface area contributed by atoms with Gasteiger partial charge >= 0.3 is 0 Å². The Balaban J connectivity index is 1.40. The largest absolute Gasteiger partial charge is 0.492 e. The average molecular weight is 508 g/mol. The Labute approximate surface area is 218 Å². The first kappa shape index (κ1) is 23.6. The number of hydrogen-bond acceptors (Lipinski definition) is 6. The van der Waals surface area contributed by atoms with Gasteiger partial charge in [0.1, 0.15) is 29.4 Å². The van der Waals surface area contributed by atoms with Crippen LogP contribution in [0.3, 0.4) is 0 Å². The molecular formula is C29H26FN7O. The Morgan fingerprint density at radius 2 is 1.87 bits per heavy atom. The molecule has 9 heteroatoms. The number of rotatable bonds is 7. The maximum atomic E-state index is 14.6. The smallest absolute Gasteiger partial charge is 0.135 e. The van der Waals surface area contributed by atoms with E-state index < -0.39 is 0 Å². The van der Waals surface area contributed by atoms with Crippen LogP contribution in [0.1, 0.15) is 0 Å². The molecule has 4 heterocycles. The number of nitrogens with one attached hydrogen (secondary N) is 2. The van der Waals surface area contributed by atoms with E-state index in [9.17, 15) is 4.39 Å². The van der Waals surface area contributed by atoms with Crippen LogP contribution in [0.15, 0.2) is 73.1 Å². The highest BCUT2D eigenvalue weighted by molar-refractivity contribution is 6.00. The second-order valence-corrected chi connectivity index (χ2v) is 9.45. The van der Waals surface area contributed by atoms with Crippen LogP contribution in [0, 0.1) is 5.82 Å². The number of ether oxygens (including phenoxy) is 1. The number of hydrogen-bond donors (Lipinski definition) is 3. The van der Waals surface area contributed by atoms with E-state index in [0.717, 1.165) is 56.6 Å². The van der Waals surface area contributed by atoms with Gasteiger partial charge in [-0.05, 0) is 67.7 Å². The summed E-state index contributed by atoms with van der Waals surface area (Å²) in [6.45, 7) is 1.21. The number of halogens is 1. The number of aromatic amines is 2. The Hall–Kier alpha value is -4.76. The number of likely N-dealkylation sites (N-methyl/N-ethyl adjacent to an activating group) is 1. The van der Waals surface area contributed by atoms with Gasteiger partial charge in [0.05, 0.1) is 22.6 Å². The third kappa shape index (κ3) is 4.55. The van der Waals surface area contributed by atoms with Gasteiger partial charge in [0.2, 0.25) is 0 Å². The van der Waals surface area contributed by atoms with Crippen molar-refractivity contribution in [1.82, 2.24) is 30.0 Å². The minimum absolute atomic E-state index is 0.346. The fraction of sp³-hybridized carbons (Fsp3) is 0.138. The third-order valence-electron chi connectivity index (χ3n) is 6.37. The molecule has 0 unspecified atom stereocenters. The van der Waals surface area contributed by atoms with Gasteiger partial charge in [-0.15, -0.1) is 0 Å². The molecule has 38 heavy (non-hydrogen) atoms. The van der Waals surface area contributed by atoms with Crippen LogP contribution in [-0.2, 0) is 0 Å². The molecule has 0 radical (unpaired) electrons. The summed E-state index contributed by atoms with van der Waals surface area (Å²) in [6, 6.07) is 18.4. The lowest BCUT2D eigenvalue weighted by Gasteiger charge is -2.12. The van der Waals surface area contributed by atoms with E-state index in [2.05, 4.69) is 20.2 Å². The van der Waals surface area contributed by atoms with Crippen molar-refractivity contribution in [2.45, 2.75) is 0 Å². The summed E-state index contributed by atoms with van der Waals surface area (Å²) < 4.78 is 20.4. The van der Waals surface area contributed by atoms with Crippen LogP contribution >= 0.6 is 0 Å². The van der Waals surface area contributed by atoms with Crippen molar-refractivity contribution < 1.29 is 9.13 Å². The lowest BCUT2D eigenvalue weighted by atomic mass is 10.0. The minimum Gasteiger partial charge on any atom is -0.492 e. The van der Waals surface area contributed by atoms with Crippen LogP contribution < -0.4 is 10.5 Å². The Kier molecular flexibility index (Phi) is 5.97. The topological polar surface area (TPSA) is 109 Å². The van der Waals surface area contributed by atoms with Crippen molar-refractivity contribution in [2.75, 3.05) is 33.0 Å². The molecule has 0 amide bonds. The van der Waals surface area contributed by atoms with Gasteiger partial charge in [-0.25, -0.2) is 9.37 Å². The molecule has 6 rings (SSSR count). The number of nitrogens with zero attached hydrogens (tertiary/aromatic N) is 4. The maximum absolute atomic E-state index is 14.6. The summed E-state index contributed by atoms with van der Waals surface area (Å²) in [5, 5.41) is 8.56. The molecule has 0 aliphatic heterocycles. The molecule has 6 aromatic rings. The fourth-order valence-electron chi connectivity index (χ4n) is 4.53. The lowest BCUT2D eigenvalue weighted by Crippen LogP contribution is -2.19. The second kappa shape index (κ2) is 9.60. The number of benzene rings is 2. The molecule has 8 nitrogen and oxygen atoms in total. The molecular weight excluding hydrogens is 481 g/mol. The number of H-pyrrole nitrogens is 2. The number of anilines is 1. The van der Waals surface area contributed by atoms with Gasteiger partial charge in [-0.3, -0.25) is 10.1 Å². The Morgan fingerprint density at radius 3 is 2.71 bits per heavy atom. The van der Waals surface area contributed by atoms with E-state index in [4.69, 9.17) is 15.5 Å². The number of nitrogens with two attached hydrogens (primary N) is 1. The van der Waals surface area contributed by atoms with Gasteiger partial charge in [0, 0.05) is 41.5 Å². The third-order valence-corrected chi connectivity index (χ3v) is 6.37. The quantitative estimate of drug-likeness (QED) is 0.263. The minimum atomic E-state index is -0.346. The highest BCUT2D eigenvalue weighted by Crippen LogP contribution is 2.35. The number of aromatic nitrogens is 5. The Bertz CT molecular complexity index is 1770. The van der Waals surface area contributed by atoms with Crippen LogP contribution in [0.4, 0.5) is 10.1 Å². The zero-order valence-electron chi connectivity index (χ0n) is 21.0. The summed E-state index contributed by atoms with van der Waals surface area (Å²) in [6.07, 6.45) is 3.34. The molecule has 190 valence electrons. The highest BCUT2D eigenvalue weighted by Gasteiger charge is 2.16. The second-order valence-electron chi connectivity index (χ2n) is 9.45. The zero-order valence-corrected chi connectivity index (χ0v) is 21.0. The van der Waals surface area contributed by atoms with Crippen LogP contribution in [0.25, 0.3) is 55.7 Å². The standard InChI is InChI=1S/C29H26FN7O/c1-37(2)8-9-38-21-12-17(10-19(30)13-21)22-4-3-5-25-23(22)14-27(33-25)29-28-26(35-36-29)7-6-24(34-28)18-11-20(31)16-32-15-18/h3-7,10-16,33H,8-9,31H2,1-2H3,(H,35,36). The maximum Gasteiger partial charge on any atom is 0.135 e. The van der Waals surface area contributed by atoms with E-state index in [1.165, 1.54) is 12.1 Å². The van der Waals surface area contributed by atoms with Gasteiger partial charge in [0.15, 0.2) is 0 Å². The average Bonchev–Trinajstić information content (AvgIpc) is 3.51. The normalized spacial score (nSPS) is 11.6. The molecule has 4 aromatic heterocycles. The predicted molar refractivity (Wildman–Crippen MR) is 148 cm³/mol. The molecule has 0 fully saturated rings.